The summed E-state index contributed by atoms with van der Waals surface area (Å²) in [7, 11) is 1.03. The van der Waals surface area contributed by atoms with Gasteiger partial charge in [0, 0.05) is 22.8 Å². The number of fused-ring (bicyclic) bond motifs is 2. The Balaban J connectivity index is 1.45. The molecule has 0 radical (unpaired) electrons. The first kappa shape index (κ1) is 38.2. The van der Waals surface area contributed by atoms with Crippen LogP contribution in [0.3, 0.4) is 0 Å². The van der Waals surface area contributed by atoms with Gasteiger partial charge < -0.3 is 69.3 Å². The molecule has 17 heteroatoms. The summed E-state index contributed by atoms with van der Waals surface area (Å²) in [6.45, 7) is 6.59. The van der Waals surface area contributed by atoms with Crippen LogP contribution in [0.5, 0.6) is 0 Å². The first-order chi connectivity index (χ1) is 23.7. The Morgan fingerprint density at radius 2 is 1.71 bits per heavy atom. The summed E-state index contributed by atoms with van der Waals surface area (Å²) in [5.41, 5.74) is -6.09. The van der Waals surface area contributed by atoms with Gasteiger partial charge in [0.15, 0.2) is 6.29 Å². The van der Waals surface area contributed by atoms with E-state index in [1.165, 1.54) is 20.8 Å². The summed E-state index contributed by atoms with van der Waals surface area (Å²) in [6.07, 6.45) is -15.3. The van der Waals surface area contributed by atoms with Crippen molar-refractivity contribution in [2.24, 2.45) is 28.6 Å². The Bertz CT molecular complexity index is 1490. The number of aliphatic hydroxyl groups is 8. The van der Waals surface area contributed by atoms with Gasteiger partial charge in [-0.3, -0.25) is 0 Å². The van der Waals surface area contributed by atoms with Crippen molar-refractivity contribution in [1.82, 2.24) is 0 Å². The molecule has 0 aromatic carbocycles. The third-order valence-electron chi connectivity index (χ3n) is 12.7. The van der Waals surface area contributed by atoms with Crippen molar-refractivity contribution in [1.29, 1.82) is 0 Å². The lowest BCUT2D eigenvalue weighted by Gasteiger charge is -2.68. The highest BCUT2D eigenvalue weighted by atomic mass is 16.7. The smallest absolute Gasteiger partial charge is 0.348 e. The number of allylic oxidation sites excluding steroid dienone is 1. The fourth-order valence-corrected chi connectivity index (χ4v) is 9.91. The third kappa shape index (κ3) is 5.26. The molecule has 17 nitrogen and oxygen atoms in total. The van der Waals surface area contributed by atoms with E-state index >= 15 is 0 Å². The highest BCUT2D eigenvalue weighted by Gasteiger charge is 2.85. The first-order valence-corrected chi connectivity index (χ1v) is 17.0. The van der Waals surface area contributed by atoms with Crippen LogP contribution >= 0.6 is 0 Å². The lowest BCUT2D eigenvalue weighted by Crippen LogP contribution is -2.80. The molecule has 3 aliphatic heterocycles. The molecular formula is C34H48O17. The maximum absolute atomic E-state index is 13.8. The van der Waals surface area contributed by atoms with E-state index in [0.29, 0.717) is 5.57 Å². The topological polar surface area (TPSA) is 268 Å². The van der Waals surface area contributed by atoms with E-state index in [2.05, 4.69) is 0 Å². The van der Waals surface area contributed by atoms with Crippen molar-refractivity contribution in [3.05, 3.63) is 23.3 Å². The average molecular weight is 729 g/mol. The summed E-state index contributed by atoms with van der Waals surface area (Å²) in [4.78, 5) is 40.8. The van der Waals surface area contributed by atoms with Crippen molar-refractivity contribution in [3.8, 4) is 0 Å². The number of hydrogen-bond acceptors (Lipinski definition) is 17. The third-order valence-corrected chi connectivity index (χ3v) is 12.7. The number of carbonyl (C=O) groups is 3. The summed E-state index contributed by atoms with van der Waals surface area (Å²) < 4.78 is 34.4. The molecule has 0 amide bonds. The lowest BCUT2D eigenvalue weighted by molar-refractivity contribution is -0.330. The van der Waals surface area contributed by atoms with E-state index in [9.17, 15) is 55.2 Å². The standard InChI is InChI=1S/C34H48O17/c1-12-7-15(48-29-21(39)20(38)19(37)16(10-35)49-29)26(41)32(5)14(12)9-17-33-11-47-34(30(44)46-6,27(42)22(40)24(32)33)25(33)23(28(43)50-17)51-18(36)8-13(2)31(3,4)45/h7-8,14-17,19-27,29,35,37-42,45H,9-11H2,1-6H3/b13-8+/t14-,15-,16+,17+,19-,20-,21+,22+,23+,24+,25+,26+,27-,29+,32-,33+,34-/m0/s1. The van der Waals surface area contributed by atoms with E-state index in [-0.39, 0.29) is 12.0 Å². The zero-order valence-electron chi connectivity index (χ0n) is 29.1. The Kier molecular flexibility index (Phi) is 9.58. The summed E-state index contributed by atoms with van der Waals surface area (Å²) in [5.74, 6) is -6.60. The molecule has 2 bridgehead atoms. The van der Waals surface area contributed by atoms with Crippen molar-refractivity contribution in [3.63, 3.8) is 0 Å². The Labute approximate surface area is 293 Å². The van der Waals surface area contributed by atoms with Gasteiger partial charge in [-0.2, -0.15) is 0 Å². The fourth-order valence-electron chi connectivity index (χ4n) is 9.91. The maximum atomic E-state index is 13.8. The van der Waals surface area contributed by atoms with Crippen LogP contribution in [0, 0.1) is 28.6 Å². The van der Waals surface area contributed by atoms with E-state index in [1.807, 2.05) is 0 Å². The lowest BCUT2D eigenvalue weighted by atomic mass is 9.37. The highest BCUT2D eigenvalue weighted by Crippen LogP contribution is 2.73. The maximum Gasteiger partial charge on any atom is 0.348 e. The van der Waals surface area contributed by atoms with E-state index in [1.54, 1.807) is 19.9 Å². The van der Waals surface area contributed by atoms with Gasteiger partial charge in [0.2, 0.25) is 11.7 Å². The molecule has 5 fully saturated rings. The summed E-state index contributed by atoms with van der Waals surface area (Å²) in [6, 6.07) is 0. The molecule has 286 valence electrons. The molecule has 0 aromatic rings. The van der Waals surface area contributed by atoms with E-state index in [4.69, 9.17) is 28.4 Å². The van der Waals surface area contributed by atoms with Gasteiger partial charge >= 0.3 is 17.9 Å². The van der Waals surface area contributed by atoms with E-state index < -0.39 is 138 Å². The van der Waals surface area contributed by atoms with Crippen molar-refractivity contribution in [2.45, 2.75) is 120 Å². The molecule has 2 saturated carbocycles. The van der Waals surface area contributed by atoms with Gasteiger partial charge in [0.05, 0.1) is 44.1 Å². The average Bonchev–Trinajstić information content (AvgIpc) is 3.37. The van der Waals surface area contributed by atoms with Crippen LogP contribution in [-0.4, -0.2) is 158 Å². The second kappa shape index (κ2) is 12.8. The van der Waals surface area contributed by atoms with Gasteiger partial charge in [-0.05, 0) is 45.6 Å². The fraction of sp³-hybridized carbons (Fsp3) is 0.794. The molecule has 3 saturated heterocycles. The minimum Gasteiger partial charge on any atom is -0.467 e. The predicted octanol–water partition coefficient (Wildman–Crippen LogP) is -3.03. The predicted molar refractivity (Wildman–Crippen MR) is 167 cm³/mol. The minimum absolute atomic E-state index is 0.0448. The molecule has 0 unspecified atom stereocenters. The zero-order valence-corrected chi connectivity index (χ0v) is 29.1. The number of ether oxygens (including phenoxy) is 6. The molecule has 17 atom stereocenters. The van der Waals surface area contributed by atoms with Gasteiger partial charge in [-0.25, -0.2) is 14.4 Å². The van der Waals surface area contributed by atoms with Crippen LogP contribution in [0.1, 0.15) is 41.0 Å². The van der Waals surface area contributed by atoms with Crippen LogP contribution < -0.4 is 0 Å². The van der Waals surface area contributed by atoms with Crippen LogP contribution in [0.15, 0.2) is 23.3 Å². The molecule has 6 rings (SSSR count). The second-order valence-electron chi connectivity index (χ2n) is 15.6. The minimum atomic E-state index is -2.41. The van der Waals surface area contributed by atoms with Gasteiger partial charge in [0.1, 0.15) is 42.7 Å². The van der Waals surface area contributed by atoms with Gasteiger partial charge in [0.25, 0.3) is 0 Å². The first-order valence-electron chi connectivity index (χ1n) is 17.0. The SMILES string of the molecule is COC(=O)[C@@]12OC[C@]34[C@H]([C@@H](O)[C@@H]1O)[C@@]1(C)[C@H](O)[C@@H](O[C@@H]5O[C@H](CO)[C@H](O)[C@H](O)[C@H]5O)C=C(C)[C@@H]1C[C@H]3OC(=O)[C@H](OC(=O)/C=C(\C)C(C)(C)O)[C@@H]24. The molecule has 6 aliphatic rings. The van der Waals surface area contributed by atoms with Crippen LogP contribution in [0.4, 0.5) is 0 Å². The second-order valence-corrected chi connectivity index (χ2v) is 15.6. The Hall–Kier alpha value is -2.55. The largest absolute Gasteiger partial charge is 0.467 e. The molecule has 3 heterocycles. The highest BCUT2D eigenvalue weighted by molar-refractivity contribution is 5.89. The molecule has 3 aliphatic carbocycles. The van der Waals surface area contributed by atoms with Crippen molar-refractivity contribution >= 4 is 17.9 Å². The molecule has 51 heavy (non-hydrogen) atoms. The molecule has 0 aromatic heterocycles. The summed E-state index contributed by atoms with van der Waals surface area (Å²) >= 11 is 0. The molecular weight excluding hydrogens is 680 g/mol. The monoisotopic (exact) mass is 728 g/mol. The van der Waals surface area contributed by atoms with Gasteiger partial charge in [-0.15, -0.1) is 0 Å². The van der Waals surface area contributed by atoms with Gasteiger partial charge in [-0.1, -0.05) is 18.6 Å². The van der Waals surface area contributed by atoms with Crippen molar-refractivity contribution in [2.75, 3.05) is 20.3 Å². The number of hydrogen-bond donors (Lipinski definition) is 8. The number of carbonyl (C=O) groups excluding carboxylic acids is 3. The quantitative estimate of drug-likeness (QED) is 0.0561. The number of rotatable bonds is 7. The Morgan fingerprint density at radius 3 is 2.31 bits per heavy atom. The number of esters is 3. The molecule has 8 N–H and O–H groups in total. The zero-order chi connectivity index (χ0) is 37.7. The van der Waals surface area contributed by atoms with Crippen LogP contribution in [0.25, 0.3) is 0 Å². The van der Waals surface area contributed by atoms with Crippen LogP contribution in [-0.2, 0) is 42.8 Å². The van der Waals surface area contributed by atoms with Crippen molar-refractivity contribution < 1.29 is 83.7 Å². The van der Waals surface area contributed by atoms with E-state index in [0.717, 1.165) is 13.2 Å². The molecule has 1 spiro atoms. The summed E-state index contributed by atoms with van der Waals surface area (Å²) in [5, 5.41) is 87.6. The normalized spacial score (nSPS) is 49.3. The number of methoxy groups -OCH3 is 1. The van der Waals surface area contributed by atoms with Crippen LogP contribution in [0.2, 0.25) is 0 Å². The Morgan fingerprint density at radius 1 is 1.04 bits per heavy atom. The number of aliphatic hydroxyl groups excluding tert-OH is 7.